The summed E-state index contributed by atoms with van der Waals surface area (Å²) in [5.74, 6) is 0. The van der Waals surface area contributed by atoms with Gasteiger partial charge in [0.25, 0.3) is 6.71 Å². The Morgan fingerprint density at radius 3 is 1.37 bits per heavy atom. The molecular formula is C71H68BN3. The van der Waals surface area contributed by atoms with Gasteiger partial charge in [-0.15, -0.1) is 0 Å². The Bertz CT molecular complexity index is 3650. The molecule has 0 unspecified atom stereocenters. The molecule has 9 aromatic carbocycles. The van der Waals surface area contributed by atoms with Crippen LogP contribution in [-0.2, 0) is 21.7 Å². The average molecular weight is 974 g/mol. The number of aryl methyl sites for hydroxylation is 1. The van der Waals surface area contributed by atoms with Crippen LogP contribution in [0.2, 0.25) is 0 Å². The van der Waals surface area contributed by atoms with Crippen LogP contribution in [0.15, 0.2) is 200 Å². The Labute approximate surface area is 446 Å². The third-order valence-electron chi connectivity index (χ3n) is 18.1. The normalized spacial score (nSPS) is 17.0. The maximum Gasteiger partial charge on any atom is 0.252 e. The van der Waals surface area contributed by atoms with Crippen molar-refractivity contribution in [2.45, 2.75) is 110 Å². The van der Waals surface area contributed by atoms with Crippen LogP contribution in [-0.4, -0.2) is 6.71 Å². The summed E-state index contributed by atoms with van der Waals surface area (Å²) in [5.41, 5.74) is 26.8. The van der Waals surface area contributed by atoms with Crippen LogP contribution in [0.5, 0.6) is 0 Å². The molecule has 0 fully saturated rings. The van der Waals surface area contributed by atoms with Gasteiger partial charge in [-0.1, -0.05) is 183 Å². The predicted octanol–water partition coefficient (Wildman–Crippen LogP) is 17.6. The first-order chi connectivity index (χ1) is 36.1. The molecule has 3 nitrogen and oxygen atoms in total. The largest absolute Gasteiger partial charge is 0.311 e. The molecule has 2 heterocycles. The van der Waals surface area contributed by atoms with E-state index in [9.17, 15) is 0 Å². The van der Waals surface area contributed by atoms with Crippen molar-refractivity contribution in [3.63, 3.8) is 0 Å². The van der Waals surface area contributed by atoms with E-state index in [2.05, 4.69) is 277 Å². The number of hydrogen-bond donors (Lipinski definition) is 0. The first kappa shape index (κ1) is 47.2. The van der Waals surface area contributed by atoms with E-state index < -0.39 is 0 Å². The van der Waals surface area contributed by atoms with E-state index >= 15 is 0 Å². The molecule has 0 N–H and O–H groups in total. The second-order valence-corrected chi connectivity index (χ2v) is 24.7. The molecule has 2 aliphatic carbocycles. The van der Waals surface area contributed by atoms with E-state index in [-0.39, 0.29) is 28.4 Å². The van der Waals surface area contributed by atoms with E-state index in [0.717, 1.165) is 36.3 Å². The molecule has 9 aromatic rings. The van der Waals surface area contributed by atoms with Gasteiger partial charge in [0.1, 0.15) is 0 Å². The summed E-state index contributed by atoms with van der Waals surface area (Å²) in [5, 5.41) is 0. The zero-order valence-corrected chi connectivity index (χ0v) is 45.3. The molecule has 370 valence electrons. The van der Waals surface area contributed by atoms with Crippen LogP contribution in [0.25, 0.3) is 22.3 Å². The maximum atomic E-state index is 2.70. The van der Waals surface area contributed by atoms with Gasteiger partial charge in [0.15, 0.2) is 0 Å². The van der Waals surface area contributed by atoms with Gasteiger partial charge in [0, 0.05) is 45.5 Å². The second-order valence-electron chi connectivity index (χ2n) is 24.7. The molecule has 0 amide bonds. The third kappa shape index (κ3) is 7.69. The number of nitrogens with zero attached hydrogens (tertiary/aromatic N) is 3. The second kappa shape index (κ2) is 17.2. The lowest BCUT2D eigenvalue weighted by Gasteiger charge is -2.48. The van der Waals surface area contributed by atoms with Gasteiger partial charge in [-0.3, -0.25) is 0 Å². The minimum atomic E-state index is -0.0451. The Kier molecular flexibility index (Phi) is 10.9. The lowest BCUT2D eigenvalue weighted by molar-refractivity contribution is 0.332. The van der Waals surface area contributed by atoms with Crippen molar-refractivity contribution in [3.05, 3.63) is 228 Å². The van der Waals surface area contributed by atoms with Gasteiger partial charge in [0.05, 0.1) is 5.69 Å². The molecule has 0 saturated heterocycles. The smallest absolute Gasteiger partial charge is 0.252 e. The summed E-state index contributed by atoms with van der Waals surface area (Å²) in [6.45, 7) is 22.0. The maximum absolute atomic E-state index is 2.70. The summed E-state index contributed by atoms with van der Waals surface area (Å²) >= 11 is 0. The van der Waals surface area contributed by atoms with Crippen molar-refractivity contribution in [2.24, 2.45) is 0 Å². The zero-order valence-electron chi connectivity index (χ0n) is 45.3. The van der Waals surface area contributed by atoms with E-state index in [1.54, 1.807) is 0 Å². The lowest BCUT2D eigenvalue weighted by atomic mass is 9.33. The highest BCUT2D eigenvalue weighted by Gasteiger charge is 2.48. The Morgan fingerprint density at radius 1 is 0.347 bits per heavy atom. The SMILES string of the molecule is Cc1cc(-c2ccccc2)ccc1N1c2cc(-c3ccccc3)ccc2B2c3cc4c(cc3N(c3ccc5c(c3)C(C)(C)CCC5(C)C)c3cc(N(c5ccccc5)c5ccccc5)cc1c32)C(C)(C)CCC4(C)C. The van der Waals surface area contributed by atoms with Gasteiger partial charge < -0.3 is 14.7 Å². The highest BCUT2D eigenvalue weighted by Crippen LogP contribution is 2.54. The molecule has 0 saturated carbocycles. The molecule has 75 heavy (non-hydrogen) atoms. The fraction of sp³-hybridized carbons (Fsp3) is 0.239. The van der Waals surface area contributed by atoms with E-state index in [0.29, 0.717) is 0 Å². The first-order valence-corrected chi connectivity index (χ1v) is 27.5. The van der Waals surface area contributed by atoms with Crippen molar-refractivity contribution < 1.29 is 0 Å². The van der Waals surface area contributed by atoms with Crippen molar-refractivity contribution in [1.29, 1.82) is 0 Å². The standard InChI is InChI=1S/C71H68BN3/c1-47-40-50(48-22-14-10-15-23-48)31-35-62(47)75-63-41-51(49-24-16-11-17-25-49)30-34-60(63)72-61-45-58-59(71(8,9)39-38-70(58,6)7)46-64(61)74(54-32-33-56-57(42-54)69(4,5)37-36-68(56,2)3)65-43-55(44-66(75)67(65)72)73(52-26-18-12-19-27-52)53-28-20-13-21-29-53/h10-35,40-46H,36-39H2,1-9H3. The summed E-state index contributed by atoms with van der Waals surface area (Å²) < 4.78 is 0. The predicted molar refractivity (Wildman–Crippen MR) is 321 cm³/mol. The van der Waals surface area contributed by atoms with Crippen LogP contribution < -0.4 is 31.1 Å². The zero-order chi connectivity index (χ0) is 51.6. The molecule has 0 spiro atoms. The van der Waals surface area contributed by atoms with E-state index in [1.165, 1.54) is 107 Å². The molecule has 0 atom stereocenters. The van der Waals surface area contributed by atoms with Crippen molar-refractivity contribution in [2.75, 3.05) is 14.7 Å². The third-order valence-corrected chi connectivity index (χ3v) is 18.1. The number of anilines is 9. The Hall–Kier alpha value is -7.56. The van der Waals surface area contributed by atoms with Crippen molar-refractivity contribution >= 4 is 74.3 Å². The Balaban J connectivity index is 1.18. The molecule has 0 aromatic heterocycles. The molecule has 13 rings (SSSR count). The molecule has 2 aliphatic heterocycles. The number of benzene rings is 9. The Morgan fingerprint density at radius 2 is 0.813 bits per heavy atom. The van der Waals surface area contributed by atoms with E-state index in [1.807, 2.05) is 0 Å². The molecule has 0 bridgehead atoms. The highest BCUT2D eigenvalue weighted by molar-refractivity contribution is 7.00. The van der Waals surface area contributed by atoms with Crippen molar-refractivity contribution in [3.8, 4) is 22.3 Å². The van der Waals surface area contributed by atoms with Gasteiger partial charge >= 0.3 is 0 Å². The fourth-order valence-corrected chi connectivity index (χ4v) is 13.5. The minimum Gasteiger partial charge on any atom is -0.311 e. The van der Waals surface area contributed by atoms with Crippen LogP contribution in [0, 0.1) is 6.92 Å². The molecule has 4 heteroatoms. The van der Waals surface area contributed by atoms with Crippen LogP contribution in [0.1, 0.15) is 109 Å². The average Bonchev–Trinajstić information content (AvgIpc) is 3.42. The van der Waals surface area contributed by atoms with Gasteiger partial charge in [-0.05, 0) is 194 Å². The van der Waals surface area contributed by atoms with E-state index in [4.69, 9.17) is 0 Å². The molecular weight excluding hydrogens is 906 g/mol. The quantitative estimate of drug-likeness (QED) is 0.147. The topological polar surface area (TPSA) is 9.72 Å². The van der Waals surface area contributed by atoms with Crippen molar-refractivity contribution in [1.82, 2.24) is 0 Å². The van der Waals surface area contributed by atoms with Crippen LogP contribution >= 0.6 is 0 Å². The van der Waals surface area contributed by atoms with Crippen LogP contribution in [0.4, 0.5) is 51.2 Å². The summed E-state index contributed by atoms with van der Waals surface area (Å²) in [7, 11) is 0. The number of rotatable bonds is 7. The molecule has 0 radical (unpaired) electrons. The number of fused-ring (bicyclic) bond motifs is 6. The van der Waals surface area contributed by atoms with Gasteiger partial charge in [-0.2, -0.15) is 0 Å². The number of hydrogen-bond acceptors (Lipinski definition) is 3. The minimum absolute atomic E-state index is 0.00736. The lowest BCUT2D eigenvalue weighted by Crippen LogP contribution is -2.62. The number of para-hydroxylation sites is 2. The van der Waals surface area contributed by atoms with Crippen LogP contribution in [0.3, 0.4) is 0 Å². The summed E-state index contributed by atoms with van der Waals surface area (Å²) in [6, 6.07) is 76.1. The molecule has 4 aliphatic rings. The summed E-state index contributed by atoms with van der Waals surface area (Å²) in [6.07, 6.45) is 4.63. The van der Waals surface area contributed by atoms with Gasteiger partial charge in [0.2, 0.25) is 0 Å². The monoisotopic (exact) mass is 974 g/mol. The van der Waals surface area contributed by atoms with Gasteiger partial charge in [-0.25, -0.2) is 0 Å². The first-order valence-electron chi connectivity index (χ1n) is 27.5. The highest BCUT2D eigenvalue weighted by atomic mass is 15.2. The fourth-order valence-electron chi connectivity index (χ4n) is 13.5. The summed E-state index contributed by atoms with van der Waals surface area (Å²) in [4.78, 5) is 7.80.